The fourth-order valence-corrected chi connectivity index (χ4v) is 6.09. The summed E-state index contributed by atoms with van der Waals surface area (Å²) in [5, 5.41) is 3.90. The number of hydrogen-bond donors (Lipinski definition) is 1. The summed E-state index contributed by atoms with van der Waals surface area (Å²) in [6.45, 7) is 4.41. The number of sulfonamides is 1. The van der Waals surface area contributed by atoms with Gasteiger partial charge < -0.3 is 5.32 Å². The van der Waals surface area contributed by atoms with Gasteiger partial charge in [0.25, 0.3) is 0 Å². The molecule has 1 fully saturated rings. The van der Waals surface area contributed by atoms with Crippen molar-refractivity contribution in [2.45, 2.75) is 37.2 Å². The highest BCUT2D eigenvalue weighted by atomic mass is 32.2. The van der Waals surface area contributed by atoms with Crippen LogP contribution < -0.4 is 5.32 Å². The van der Waals surface area contributed by atoms with Gasteiger partial charge >= 0.3 is 0 Å². The lowest BCUT2D eigenvalue weighted by molar-refractivity contribution is -0.122. The van der Waals surface area contributed by atoms with E-state index < -0.39 is 10.0 Å². The van der Waals surface area contributed by atoms with Gasteiger partial charge in [0.05, 0.1) is 26.7 Å². The standard InChI is InChI=1S/C23H28N4O3S2/c1-17-24-21-9-8-20(14-22(21)31-17)32(29,30)26(2)16-23(28)25-19-10-12-27(13-11-19)15-18-6-4-3-5-7-18/h3-9,14,19H,10-13,15-16H2,1-2H3,(H,25,28). The highest BCUT2D eigenvalue weighted by Crippen LogP contribution is 2.26. The molecule has 1 saturated heterocycles. The molecule has 3 aromatic rings. The monoisotopic (exact) mass is 472 g/mol. The minimum Gasteiger partial charge on any atom is -0.352 e. The molecule has 1 aliphatic heterocycles. The molecular weight excluding hydrogens is 444 g/mol. The maximum Gasteiger partial charge on any atom is 0.243 e. The predicted molar refractivity (Wildman–Crippen MR) is 127 cm³/mol. The molecule has 0 unspecified atom stereocenters. The Kier molecular flexibility index (Phi) is 6.90. The lowest BCUT2D eigenvalue weighted by Gasteiger charge is -2.32. The fourth-order valence-electron chi connectivity index (χ4n) is 4.00. The van der Waals surface area contributed by atoms with Crippen molar-refractivity contribution in [1.82, 2.24) is 19.5 Å². The number of rotatable bonds is 7. The Morgan fingerprint density at radius 2 is 1.91 bits per heavy atom. The first kappa shape index (κ1) is 22.8. The van der Waals surface area contributed by atoms with Crippen molar-refractivity contribution < 1.29 is 13.2 Å². The summed E-state index contributed by atoms with van der Waals surface area (Å²) in [6.07, 6.45) is 1.72. The molecule has 0 bridgehead atoms. The van der Waals surface area contributed by atoms with Crippen molar-refractivity contribution in [2.24, 2.45) is 0 Å². The normalized spacial score (nSPS) is 16.0. The van der Waals surface area contributed by atoms with Crippen LogP contribution in [0.4, 0.5) is 0 Å². The Balaban J connectivity index is 1.29. The average Bonchev–Trinajstić information content (AvgIpc) is 3.15. The second kappa shape index (κ2) is 9.66. The Hall–Kier alpha value is -2.33. The maximum absolute atomic E-state index is 13.0. The topological polar surface area (TPSA) is 82.6 Å². The Morgan fingerprint density at radius 3 is 2.62 bits per heavy atom. The van der Waals surface area contributed by atoms with Crippen molar-refractivity contribution in [3.05, 3.63) is 59.1 Å². The lowest BCUT2D eigenvalue weighted by Crippen LogP contribution is -2.47. The second-order valence-corrected chi connectivity index (χ2v) is 11.5. The molecule has 4 rings (SSSR count). The van der Waals surface area contributed by atoms with E-state index in [1.54, 1.807) is 18.2 Å². The number of fused-ring (bicyclic) bond motifs is 1. The van der Waals surface area contributed by atoms with E-state index >= 15 is 0 Å². The number of likely N-dealkylation sites (N-methyl/N-ethyl adjacent to an activating group) is 1. The van der Waals surface area contributed by atoms with E-state index in [2.05, 4.69) is 27.3 Å². The fraction of sp³-hybridized carbons (Fsp3) is 0.391. The molecule has 1 aliphatic rings. The van der Waals surface area contributed by atoms with Crippen molar-refractivity contribution in [3.8, 4) is 0 Å². The number of piperidine rings is 1. The number of likely N-dealkylation sites (tertiary alicyclic amines) is 1. The summed E-state index contributed by atoms with van der Waals surface area (Å²) in [5.74, 6) is -0.271. The van der Waals surface area contributed by atoms with Gasteiger partial charge in [-0.2, -0.15) is 4.31 Å². The first-order valence-electron chi connectivity index (χ1n) is 10.7. The predicted octanol–water partition coefficient (Wildman–Crippen LogP) is 3.01. The summed E-state index contributed by atoms with van der Waals surface area (Å²) in [4.78, 5) is 19.5. The van der Waals surface area contributed by atoms with Crippen LogP contribution in [0.5, 0.6) is 0 Å². The zero-order valence-corrected chi connectivity index (χ0v) is 20.0. The largest absolute Gasteiger partial charge is 0.352 e. The van der Waals surface area contributed by atoms with Gasteiger partial charge in [-0.25, -0.2) is 13.4 Å². The van der Waals surface area contributed by atoms with E-state index in [1.165, 1.54) is 23.9 Å². The number of carbonyl (C=O) groups is 1. The molecule has 1 N–H and O–H groups in total. The minimum absolute atomic E-state index is 0.0714. The molecular formula is C23H28N4O3S2. The molecule has 1 amide bonds. The molecule has 0 atom stereocenters. The molecule has 0 spiro atoms. The number of aryl methyl sites for hydroxylation is 1. The van der Waals surface area contributed by atoms with Gasteiger partial charge in [-0.3, -0.25) is 9.69 Å². The minimum atomic E-state index is -3.76. The van der Waals surface area contributed by atoms with E-state index in [-0.39, 0.29) is 23.4 Å². The number of hydrogen-bond acceptors (Lipinski definition) is 6. The van der Waals surface area contributed by atoms with Crippen LogP contribution in [0.15, 0.2) is 53.4 Å². The first-order valence-corrected chi connectivity index (χ1v) is 13.0. The Bertz CT molecular complexity index is 1190. The second-order valence-electron chi connectivity index (χ2n) is 8.23. The van der Waals surface area contributed by atoms with Crippen molar-refractivity contribution >= 4 is 37.5 Å². The van der Waals surface area contributed by atoms with E-state index in [0.29, 0.717) is 0 Å². The number of amides is 1. The van der Waals surface area contributed by atoms with Crippen LogP contribution in [0, 0.1) is 6.92 Å². The van der Waals surface area contributed by atoms with Crippen LogP contribution in [0.2, 0.25) is 0 Å². The smallest absolute Gasteiger partial charge is 0.243 e. The zero-order chi connectivity index (χ0) is 22.7. The molecule has 7 nitrogen and oxygen atoms in total. The van der Waals surface area contributed by atoms with Gasteiger partial charge in [-0.05, 0) is 43.5 Å². The molecule has 0 radical (unpaired) electrons. The highest BCUT2D eigenvalue weighted by Gasteiger charge is 2.26. The molecule has 9 heteroatoms. The number of carbonyl (C=O) groups excluding carboxylic acids is 1. The summed E-state index contributed by atoms with van der Waals surface area (Å²) in [7, 11) is -2.31. The SMILES string of the molecule is Cc1nc2ccc(S(=O)(=O)N(C)CC(=O)NC3CCN(Cc4ccccc4)CC3)cc2s1. The third kappa shape index (κ3) is 5.35. The number of aromatic nitrogens is 1. The van der Waals surface area contributed by atoms with E-state index in [0.717, 1.165) is 52.0 Å². The van der Waals surface area contributed by atoms with Gasteiger partial charge in [0.2, 0.25) is 15.9 Å². The number of nitrogens with zero attached hydrogens (tertiary/aromatic N) is 3. The molecule has 170 valence electrons. The summed E-state index contributed by atoms with van der Waals surface area (Å²) >= 11 is 1.45. The Labute approximate surface area is 193 Å². The van der Waals surface area contributed by atoms with Gasteiger partial charge in [0.15, 0.2) is 0 Å². The molecule has 1 aromatic heterocycles. The van der Waals surface area contributed by atoms with Gasteiger partial charge in [-0.1, -0.05) is 30.3 Å². The molecule has 0 aliphatic carbocycles. The summed E-state index contributed by atoms with van der Waals surface area (Å²) in [6, 6.07) is 15.3. The van der Waals surface area contributed by atoms with Crippen LogP contribution in [-0.2, 0) is 21.4 Å². The van der Waals surface area contributed by atoms with E-state index in [4.69, 9.17) is 0 Å². The third-order valence-corrected chi connectivity index (χ3v) is 8.48. The Morgan fingerprint density at radius 1 is 1.19 bits per heavy atom. The molecule has 32 heavy (non-hydrogen) atoms. The molecule has 2 aromatic carbocycles. The van der Waals surface area contributed by atoms with Crippen LogP contribution >= 0.6 is 11.3 Å². The number of nitrogens with one attached hydrogen (secondary N) is 1. The van der Waals surface area contributed by atoms with Crippen LogP contribution in [0.3, 0.4) is 0 Å². The zero-order valence-electron chi connectivity index (χ0n) is 18.3. The van der Waals surface area contributed by atoms with Gasteiger partial charge in [0, 0.05) is 32.7 Å². The average molecular weight is 473 g/mol. The van der Waals surface area contributed by atoms with Gasteiger partial charge in [0.1, 0.15) is 0 Å². The first-order chi connectivity index (χ1) is 15.3. The third-order valence-electron chi connectivity index (χ3n) is 5.74. The van der Waals surface area contributed by atoms with Crippen LogP contribution in [0.1, 0.15) is 23.4 Å². The van der Waals surface area contributed by atoms with Crippen molar-refractivity contribution in [2.75, 3.05) is 26.7 Å². The van der Waals surface area contributed by atoms with Crippen LogP contribution in [0.25, 0.3) is 10.2 Å². The summed E-state index contributed by atoms with van der Waals surface area (Å²) in [5.41, 5.74) is 2.07. The van der Waals surface area contributed by atoms with E-state index in [9.17, 15) is 13.2 Å². The number of benzene rings is 2. The molecule has 2 heterocycles. The van der Waals surface area contributed by atoms with E-state index in [1.807, 2.05) is 25.1 Å². The number of thiazole rings is 1. The molecule has 0 saturated carbocycles. The highest BCUT2D eigenvalue weighted by molar-refractivity contribution is 7.89. The van der Waals surface area contributed by atoms with Crippen molar-refractivity contribution in [3.63, 3.8) is 0 Å². The lowest BCUT2D eigenvalue weighted by atomic mass is 10.0. The maximum atomic E-state index is 13.0. The van der Waals surface area contributed by atoms with Gasteiger partial charge in [-0.15, -0.1) is 11.3 Å². The summed E-state index contributed by atoms with van der Waals surface area (Å²) < 4.78 is 27.8. The quantitative estimate of drug-likeness (QED) is 0.572. The van der Waals surface area contributed by atoms with Crippen molar-refractivity contribution in [1.29, 1.82) is 0 Å². The van der Waals surface area contributed by atoms with Crippen LogP contribution in [-0.4, -0.2) is 61.2 Å².